The molecule has 0 aromatic carbocycles. The van der Waals surface area contributed by atoms with E-state index in [0.29, 0.717) is 11.3 Å². The Morgan fingerprint density at radius 2 is 2.16 bits per heavy atom. The Hall–Kier alpha value is -1.79. The van der Waals surface area contributed by atoms with Crippen LogP contribution in [0.25, 0.3) is 20.4 Å². The van der Waals surface area contributed by atoms with Crippen molar-refractivity contribution in [2.45, 2.75) is 65.7 Å². The summed E-state index contributed by atoms with van der Waals surface area (Å²) in [5, 5.41) is 0.971. The van der Waals surface area contributed by atoms with Crippen LogP contribution >= 0.6 is 11.3 Å². The number of thiophene rings is 1. The van der Waals surface area contributed by atoms with Crippen molar-refractivity contribution >= 4 is 31.8 Å². The molecule has 0 bridgehead atoms. The molecule has 0 saturated heterocycles. The molecule has 1 aliphatic rings. The average Bonchev–Trinajstić information content (AvgIpc) is 2.89. The van der Waals surface area contributed by atoms with Gasteiger partial charge in [-0.2, -0.15) is 0 Å². The summed E-state index contributed by atoms with van der Waals surface area (Å²) >= 11 is 1.46. The van der Waals surface area contributed by atoms with Crippen LogP contribution in [0.2, 0.25) is 0 Å². The second-order valence-electron chi connectivity index (χ2n) is 7.54. The highest BCUT2D eigenvalue weighted by atomic mass is 32.1. The van der Waals surface area contributed by atoms with Crippen molar-refractivity contribution in [3.8, 4) is 0 Å². The monoisotopic (exact) mass is 357 g/mol. The zero-order chi connectivity index (χ0) is 17.9. The molecule has 4 heterocycles. The largest absolute Gasteiger partial charge is 0.370 e. The van der Waals surface area contributed by atoms with E-state index in [1.54, 1.807) is 0 Å². The van der Waals surface area contributed by atoms with Crippen molar-refractivity contribution in [1.82, 2.24) is 14.5 Å². The second kappa shape index (κ2) is 5.61. The van der Waals surface area contributed by atoms with Gasteiger partial charge in [0, 0.05) is 23.4 Å². The standard InChI is InChI=1S/C19H23N3O2S/c1-6-10(2)22-11(3)20-15-13-7-12-9-24-19(4,5)8-14(12)21-17(13)25-16(15)18(22)23/h7,10H,6,8-9H2,1-5H3/t10-/m0/s1. The van der Waals surface area contributed by atoms with E-state index in [1.165, 1.54) is 11.3 Å². The lowest BCUT2D eigenvalue weighted by Gasteiger charge is -2.30. The van der Waals surface area contributed by atoms with Gasteiger partial charge >= 0.3 is 0 Å². The van der Waals surface area contributed by atoms with Crippen LogP contribution in [0.15, 0.2) is 10.9 Å². The Bertz CT molecular complexity index is 1050. The zero-order valence-corrected chi connectivity index (χ0v) is 16.2. The Kier molecular flexibility index (Phi) is 3.74. The maximum atomic E-state index is 13.0. The Balaban J connectivity index is 2.00. The molecule has 3 aromatic rings. The van der Waals surface area contributed by atoms with Crippen molar-refractivity contribution in [2.75, 3.05) is 0 Å². The smallest absolute Gasteiger partial charge is 0.271 e. The molecule has 4 rings (SSSR count). The number of fused-ring (bicyclic) bond motifs is 4. The molecule has 0 spiro atoms. The number of ether oxygens (including phenoxy) is 1. The third kappa shape index (κ3) is 2.59. The van der Waals surface area contributed by atoms with Crippen LogP contribution in [0.5, 0.6) is 0 Å². The fraction of sp³-hybridized carbons (Fsp3) is 0.526. The molecule has 0 fully saturated rings. The van der Waals surface area contributed by atoms with Crippen LogP contribution < -0.4 is 5.56 Å². The maximum absolute atomic E-state index is 13.0. The van der Waals surface area contributed by atoms with Crippen LogP contribution in [-0.4, -0.2) is 20.1 Å². The SMILES string of the molecule is CC[C@H](C)n1c(C)nc2c(sc3nc4c(cc32)COC(C)(C)C4)c1=O. The van der Waals surface area contributed by atoms with E-state index in [0.717, 1.165) is 45.7 Å². The molecule has 6 heteroatoms. The number of rotatable bonds is 2. The predicted octanol–water partition coefficient (Wildman–Crippen LogP) is 4.14. The van der Waals surface area contributed by atoms with Gasteiger partial charge in [-0.15, -0.1) is 11.3 Å². The van der Waals surface area contributed by atoms with Gasteiger partial charge in [-0.05, 0) is 40.2 Å². The predicted molar refractivity (Wildman–Crippen MR) is 101 cm³/mol. The van der Waals surface area contributed by atoms with Gasteiger partial charge in [0.1, 0.15) is 15.4 Å². The molecule has 1 aliphatic heterocycles. The molecular formula is C19H23N3O2S. The van der Waals surface area contributed by atoms with Crippen molar-refractivity contribution in [2.24, 2.45) is 0 Å². The summed E-state index contributed by atoms with van der Waals surface area (Å²) < 4.78 is 8.43. The van der Waals surface area contributed by atoms with E-state index >= 15 is 0 Å². The van der Waals surface area contributed by atoms with E-state index in [1.807, 2.05) is 11.5 Å². The average molecular weight is 357 g/mol. The third-order valence-electron chi connectivity index (χ3n) is 5.10. The number of hydrogen-bond donors (Lipinski definition) is 0. The minimum absolute atomic E-state index is 0.0504. The van der Waals surface area contributed by atoms with Crippen molar-refractivity contribution in [3.05, 3.63) is 33.5 Å². The van der Waals surface area contributed by atoms with Gasteiger partial charge in [0.2, 0.25) is 0 Å². The summed E-state index contributed by atoms with van der Waals surface area (Å²) in [7, 11) is 0. The molecule has 0 unspecified atom stereocenters. The van der Waals surface area contributed by atoms with Gasteiger partial charge in [0.25, 0.3) is 5.56 Å². The summed E-state index contributed by atoms with van der Waals surface area (Å²) in [6.45, 7) is 10.8. The lowest BCUT2D eigenvalue weighted by molar-refractivity contribution is -0.0411. The van der Waals surface area contributed by atoms with Crippen molar-refractivity contribution < 1.29 is 4.74 Å². The minimum Gasteiger partial charge on any atom is -0.370 e. The lowest BCUT2D eigenvalue weighted by atomic mass is 9.95. The summed E-state index contributed by atoms with van der Waals surface area (Å²) in [6, 6.07) is 2.26. The minimum atomic E-state index is -0.192. The molecule has 0 saturated carbocycles. The molecular weight excluding hydrogens is 334 g/mol. The summed E-state index contributed by atoms with van der Waals surface area (Å²) in [5.74, 6) is 0.765. The highest BCUT2D eigenvalue weighted by molar-refractivity contribution is 7.25. The first-order valence-electron chi connectivity index (χ1n) is 8.79. The number of aryl methyl sites for hydroxylation is 1. The number of hydrogen-bond acceptors (Lipinski definition) is 5. The molecule has 0 aliphatic carbocycles. The summed E-state index contributed by atoms with van der Waals surface area (Å²) in [5.41, 5.74) is 2.82. The van der Waals surface area contributed by atoms with Gasteiger partial charge in [0.15, 0.2) is 0 Å². The van der Waals surface area contributed by atoms with Gasteiger partial charge in [-0.25, -0.2) is 9.97 Å². The van der Waals surface area contributed by atoms with E-state index in [2.05, 4.69) is 33.8 Å². The molecule has 0 radical (unpaired) electrons. The van der Waals surface area contributed by atoms with E-state index in [4.69, 9.17) is 14.7 Å². The molecule has 0 N–H and O–H groups in total. The summed E-state index contributed by atoms with van der Waals surface area (Å²) in [6.07, 6.45) is 1.69. The topological polar surface area (TPSA) is 57.0 Å². The van der Waals surface area contributed by atoms with Crippen LogP contribution in [0.3, 0.4) is 0 Å². The Labute approximate surface area is 150 Å². The first-order chi connectivity index (χ1) is 11.8. The van der Waals surface area contributed by atoms with Crippen molar-refractivity contribution in [3.63, 3.8) is 0 Å². The van der Waals surface area contributed by atoms with Gasteiger partial charge in [-0.1, -0.05) is 6.92 Å². The molecule has 1 atom stereocenters. The van der Waals surface area contributed by atoms with E-state index in [-0.39, 0.29) is 17.2 Å². The second-order valence-corrected chi connectivity index (χ2v) is 8.54. The van der Waals surface area contributed by atoms with Crippen LogP contribution in [0.1, 0.15) is 57.2 Å². The molecule has 0 amide bonds. The molecule has 132 valence electrons. The normalized spacial score (nSPS) is 17.8. The van der Waals surface area contributed by atoms with Crippen molar-refractivity contribution in [1.29, 1.82) is 0 Å². The van der Waals surface area contributed by atoms with Crippen LogP contribution in [0.4, 0.5) is 0 Å². The molecule has 3 aromatic heterocycles. The first-order valence-corrected chi connectivity index (χ1v) is 9.60. The van der Waals surface area contributed by atoms with Gasteiger partial charge in [0.05, 0.1) is 23.4 Å². The quantitative estimate of drug-likeness (QED) is 0.692. The fourth-order valence-corrected chi connectivity index (χ4v) is 4.58. The first kappa shape index (κ1) is 16.7. The van der Waals surface area contributed by atoms with E-state index in [9.17, 15) is 4.79 Å². The van der Waals surface area contributed by atoms with Gasteiger partial charge < -0.3 is 4.74 Å². The fourth-order valence-electron chi connectivity index (χ4n) is 3.52. The highest BCUT2D eigenvalue weighted by Gasteiger charge is 2.28. The Morgan fingerprint density at radius 1 is 1.40 bits per heavy atom. The molecule has 5 nitrogen and oxygen atoms in total. The lowest BCUT2D eigenvalue weighted by Crippen LogP contribution is -2.32. The van der Waals surface area contributed by atoms with E-state index < -0.39 is 0 Å². The van der Waals surface area contributed by atoms with Gasteiger partial charge in [-0.3, -0.25) is 9.36 Å². The highest BCUT2D eigenvalue weighted by Crippen LogP contribution is 2.35. The number of aromatic nitrogens is 3. The maximum Gasteiger partial charge on any atom is 0.271 e. The number of pyridine rings is 1. The van der Waals surface area contributed by atoms with Crippen LogP contribution in [0, 0.1) is 6.92 Å². The number of nitrogens with zero attached hydrogens (tertiary/aromatic N) is 3. The Morgan fingerprint density at radius 3 is 2.88 bits per heavy atom. The van der Waals surface area contributed by atoms with Crippen LogP contribution in [-0.2, 0) is 17.8 Å². The summed E-state index contributed by atoms with van der Waals surface area (Å²) in [4.78, 5) is 23.6. The third-order valence-corrected chi connectivity index (χ3v) is 6.18. The zero-order valence-electron chi connectivity index (χ0n) is 15.3. The molecule has 25 heavy (non-hydrogen) atoms.